The minimum Gasteiger partial charge on any atom is -0.465 e. The number of rotatable bonds is 5. The summed E-state index contributed by atoms with van der Waals surface area (Å²) in [5, 5.41) is 5.90. The van der Waals surface area contributed by atoms with E-state index < -0.39 is 5.97 Å². The number of furan rings is 1. The zero-order chi connectivity index (χ0) is 23.7. The molecule has 168 valence electrons. The van der Waals surface area contributed by atoms with E-state index in [9.17, 15) is 9.59 Å². The van der Waals surface area contributed by atoms with E-state index in [1.54, 1.807) is 6.07 Å². The van der Waals surface area contributed by atoms with Crippen LogP contribution in [0.4, 0.5) is 5.00 Å². The fourth-order valence-corrected chi connectivity index (χ4v) is 4.77. The summed E-state index contributed by atoms with van der Waals surface area (Å²) in [6.45, 7) is 1.85. The second-order valence-corrected chi connectivity index (χ2v) is 8.53. The van der Waals surface area contributed by atoms with Crippen molar-refractivity contribution in [2.45, 2.75) is 6.92 Å². The van der Waals surface area contributed by atoms with E-state index >= 15 is 0 Å². The summed E-state index contributed by atoms with van der Waals surface area (Å²) < 4.78 is 10.8. The maximum atomic E-state index is 13.5. The molecular formula is C27H20N2O4S. The third-order valence-electron chi connectivity index (χ3n) is 5.45. The largest absolute Gasteiger partial charge is 0.465 e. The van der Waals surface area contributed by atoms with Crippen LogP contribution in [0.5, 0.6) is 0 Å². The van der Waals surface area contributed by atoms with Gasteiger partial charge < -0.3 is 14.5 Å². The number of carbonyl (C=O) groups excluding carboxylic acids is 2. The number of hydrogen-bond donors (Lipinski definition) is 1. The van der Waals surface area contributed by atoms with Gasteiger partial charge in [-0.05, 0) is 36.8 Å². The Balaban J connectivity index is 1.58. The average molecular weight is 469 g/mol. The summed E-state index contributed by atoms with van der Waals surface area (Å²) in [4.78, 5) is 30.8. The van der Waals surface area contributed by atoms with Crippen LogP contribution in [0.15, 0.2) is 82.6 Å². The number of methoxy groups -OCH3 is 1. The van der Waals surface area contributed by atoms with E-state index in [2.05, 4.69) is 10.3 Å². The highest BCUT2D eigenvalue weighted by Gasteiger charge is 2.24. The van der Waals surface area contributed by atoms with Crippen molar-refractivity contribution in [3.8, 4) is 22.6 Å². The van der Waals surface area contributed by atoms with Gasteiger partial charge in [0.25, 0.3) is 5.91 Å². The van der Waals surface area contributed by atoms with Gasteiger partial charge in [0.15, 0.2) is 5.76 Å². The molecule has 0 aliphatic rings. The van der Waals surface area contributed by atoms with Gasteiger partial charge in [-0.15, -0.1) is 11.3 Å². The quantitative estimate of drug-likeness (QED) is 0.295. The van der Waals surface area contributed by atoms with Crippen molar-refractivity contribution in [3.05, 3.63) is 95.1 Å². The predicted octanol–water partition coefficient (Wildman–Crippen LogP) is 6.57. The van der Waals surface area contributed by atoms with Crippen molar-refractivity contribution in [2.75, 3.05) is 12.4 Å². The number of thiophene rings is 1. The van der Waals surface area contributed by atoms with Gasteiger partial charge in [0.05, 0.1) is 18.2 Å². The molecule has 5 aromatic rings. The summed E-state index contributed by atoms with van der Waals surface area (Å²) in [5.41, 5.74) is 3.56. The molecule has 6 nitrogen and oxygen atoms in total. The molecule has 0 saturated heterocycles. The van der Waals surface area contributed by atoms with Crippen LogP contribution in [0.25, 0.3) is 33.5 Å². The van der Waals surface area contributed by atoms with Crippen molar-refractivity contribution >= 4 is 39.1 Å². The molecule has 3 aromatic heterocycles. The SMILES string of the molecule is COC(=O)c1c(-c2ccccc2)csc1NC(=O)c1cc(-c2ccc(C)o2)nc2ccccc12. The van der Waals surface area contributed by atoms with E-state index in [-0.39, 0.29) is 5.91 Å². The van der Waals surface area contributed by atoms with E-state index in [1.165, 1.54) is 18.4 Å². The normalized spacial score (nSPS) is 10.9. The molecule has 1 amide bonds. The summed E-state index contributed by atoms with van der Waals surface area (Å²) in [6.07, 6.45) is 0. The monoisotopic (exact) mass is 468 g/mol. The molecule has 0 fully saturated rings. The molecule has 0 bridgehead atoms. The number of amides is 1. The molecule has 7 heteroatoms. The first kappa shape index (κ1) is 21.6. The summed E-state index contributed by atoms with van der Waals surface area (Å²) in [5.74, 6) is 0.470. The van der Waals surface area contributed by atoms with Crippen LogP contribution in [0, 0.1) is 6.92 Å². The number of hydrogen-bond acceptors (Lipinski definition) is 6. The molecule has 0 aliphatic carbocycles. The lowest BCUT2D eigenvalue weighted by molar-refractivity contribution is 0.0603. The number of carbonyl (C=O) groups is 2. The Morgan fingerprint density at radius 3 is 2.50 bits per heavy atom. The number of para-hydroxylation sites is 1. The maximum Gasteiger partial charge on any atom is 0.341 e. The summed E-state index contributed by atoms with van der Waals surface area (Å²) in [7, 11) is 1.33. The minimum absolute atomic E-state index is 0.326. The van der Waals surface area contributed by atoms with Crippen LogP contribution >= 0.6 is 11.3 Å². The molecule has 5 rings (SSSR count). The lowest BCUT2D eigenvalue weighted by Crippen LogP contribution is -2.15. The maximum absolute atomic E-state index is 13.5. The topological polar surface area (TPSA) is 81.4 Å². The highest BCUT2D eigenvalue weighted by molar-refractivity contribution is 7.15. The van der Waals surface area contributed by atoms with Crippen LogP contribution in [0.2, 0.25) is 0 Å². The van der Waals surface area contributed by atoms with Crippen LogP contribution < -0.4 is 5.32 Å². The van der Waals surface area contributed by atoms with E-state index in [4.69, 9.17) is 9.15 Å². The van der Waals surface area contributed by atoms with Crippen LogP contribution in [-0.2, 0) is 4.74 Å². The lowest BCUT2D eigenvalue weighted by Gasteiger charge is -2.11. The Bertz CT molecular complexity index is 1520. The zero-order valence-corrected chi connectivity index (χ0v) is 19.3. The molecule has 34 heavy (non-hydrogen) atoms. The van der Waals surface area contributed by atoms with Crippen LogP contribution in [0.3, 0.4) is 0 Å². The average Bonchev–Trinajstić information content (AvgIpc) is 3.49. The van der Waals surface area contributed by atoms with Crippen LogP contribution in [0.1, 0.15) is 26.5 Å². The third-order valence-corrected chi connectivity index (χ3v) is 6.34. The zero-order valence-electron chi connectivity index (χ0n) is 18.5. The Labute approximate surface area is 199 Å². The number of pyridine rings is 1. The summed E-state index contributed by atoms with van der Waals surface area (Å²) in [6, 6.07) is 22.3. The first-order chi connectivity index (χ1) is 16.5. The smallest absolute Gasteiger partial charge is 0.341 e. The van der Waals surface area contributed by atoms with Gasteiger partial charge in [0.1, 0.15) is 22.0 Å². The highest BCUT2D eigenvalue weighted by atomic mass is 32.1. The molecule has 0 radical (unpaired) electrons. The van der Waals surface area contributed by atoms with Crippen molar-refractivity contribution < 1.29 is 18.7 Å². The fourth-order valence-electron chi connectivity index (χ4n) is 3.82. The van der Waals surface area contributed by atoms with Gasteiger partial charge >= 0.3 is 5.97 Å². The Hall–Kier alpha value is -4.23. The van der Waals surface area contributed by atoms with Crippen molar-refractivity contribution in [1.29, 1.82) is 0 Å². The molecular weight excluding hydrogens is 448 g/mol. The minimum atomic E-state index is -0.512. The van der Waals surface area contributed by atoms with Crippen molar-refractivity contribution in [2.24, 2.45) is 0 Å². The number of aryl methyl sites for hydroxylation is 1. The number of nitrogens with one attached hydrogen (secondary N) is 1. The number of esters is 1. The molecule has 1 N–H and O–H groups in total. The molecule has 0 saturated carbocycles. The fraction of sp³-hybridized carbons (Fsp3) is 0.0741. The molecule has 0 unspecified atom stereocenters. The second kappa shape index (κ2) is 8.96. The number of aromatic nitrogens is 1. The van der Waals surface area contributed by atoms with Gasteiger partial charge in [-0.1, -0.05) is 48.5 Å². The number of ether oxygens (including phenoxy) is 1. The third kappa shape index (κ3) is 3.97. The van der Waals surface area contributed by atoms with Gasteiger partial charge in [0, 0.05) is 16.3 Å². The Kier molecular flexibility index (Phi) is 5.69. The van der Waals surface area contributed by atoms with Gasteiger partial charge in [-0.3, -0.25) is 4.79 Å². The standard InChI is InChI=1S/C27H20N2O4S/c1-16-12-13-23(33-16)22-14-19(18-10-6-7-11-21(18)28-22)25(30)29-26-24(27(31)32-2)20(15-34-26)17-8-4-3-5-9-17/h3-15H,1-2H3,(H,29,30). The number of fused-ring (bicyclic) bond motifs is 1. The first-order valence-electron chi connectivity index (χ1n) is 10.6. The molecule has 2 aromatic carbocycles. The molecule has 0 spiro atoms. The molecule has 0 aliphatic heterocycles. The summed E-state index contributed by atoms with van der Waals surface area (Å²) >= 11 is 1.28. The van der Waals surface area contributed by atoms with Gasteiger partial charge in [-0.2, -0.15) is 0 Å². The molecule has 0 atom stereocenters. The second-order valence-electron chi connectivity index (χ2n) is 7.65. The number of nitrogens with zero attached hydrogens (tertiary/aromatic N) is 1. The number of anilines is 1. The molecule has 3 heterocycles. The van der Waals surface area contributed by atoms with E-state index in [1.807, 2.05) is 79.0 Å². The van der Waals surface area contributed by atoms with E-state index in [0.717, 1.165) is 11.3 Å². The predicted molar refractivity (Wildman–Crippen MR) is 133 cm³/mol. The highest BCUT2D eigenvalue weighted by Crippen LogP contribution is 2.37. The first-order valence-corrected chi connectivity index (χ1v) is 11.5. The number of benzene rings is 2. The van der Waals surface area contributed by atoms with Gasteiger partial charge in [-0.25, -0.2) is 9.78 Å². The van der Waals surface area contributed by atoms with Crippen LogP contribution in [-0.4, -0.2) is 24.0 Å². The van der Waals surface area contributed by atoms with Crippen molar-refractivity contribution in [1.82, 2.24) is 4.98 Å². The Morgan fingerprint density at radius 2 is 1.76 bits per heavy atom. The lowest BCUT2D eigenvalue weighted by atomic mass is 10.0. The van der Waals surface area contributed by atoms with E-state index in [0.29, 0.717) is 44.0 Å². The Morgan fingerprint density at radius 1 is 1.00 bits per heavy atom. The van der Waals surface area contributed by atoms with Gasteiger partial charge in [0.2, 0.25) is 0 Å². The van der Waals surface area contributed by atoms with Crippen molar-refractivity contribution in [3.63, 3.8) is 0 Å².